The molecule has 434 valence electrons. The SMILES string of the molecule is CC(=O)N[C@H]1[C@H](O[C@H]2[C@@H](O)[C@@H](COS(=O)(=O)O)O[C@@H](O[C@H]3[C@@H](O)[C@@H](CO)OC(O)[C@@H]3NC(C)=O)[C@@H]2O)O[C@H](CO)[C@@H](O[C@@H]2O[C@H](CO)[C@H](O)[C@H](O[C@]3(C(=O)O)C[C@H](O)[C@@H](NC(C)=O)[C@H]([C@H](O)[C@H](O)CO)O3)[C@H]2O)[C@@H]1O. The lowest BCUT2D eigenvalue weighted by Gasteiger charge is -2.51. The first-order chi connectivity index (χ1) is 35.0. The van der Waals surface area contributed by atoms with Gasteiger partial charge in [-0.3, -0.25) is 18.9 Å². The number of hydrogen-bond donors (Lipinski definition) is 19. The Bertz CT molecular complexity index is 2030. The van der Waals surface area contributed by atoms with Crippen molar-refractivity contribution < 1.29 is 156 Å². The van der Waals surface area contributed by atoms with Gasteiger partial charge in [-0.1, -0.05) is 0 Å². The lowest BCUT2D eigenvalue weighted by Crippen LogP contribution is -2.71. The molecule has 0 aromatic carbocycles. The zero-order chi connectivity index (χ0) is 56.2. The van der Waals surface area contributed by atoms with Gasteiger partial charge in [0.25, 0.3) is 5.79 Å². The molecule has 0 saturated carbocycles. The number of carbonyl (C=O) groups excluding carboxylic acids is 3. The molecule has 0 spiro atoms. The lowest BCUT2D eigenvalue weighted by atomic mass is 9.88. The number of hydrogen-bond acceptors (Lipinski definition) is 30. The molecule has 5 heterocycles. The average Bonchev–Trinajstić information content (AvgIpc) is 3.33. The summed E-state index contributed by atoms with van der Waals surface area (Å²) in [5.41, 5.74) is 0. The second-order valence-corrected chi connectivity index (χ2v) is 19.2. The first-order valence-electron chi connectivity index (χ1n) is 22.9. The zero-order valence-electron chi connectivity index (χ0n) is 39.8. The third kappa shape index (κ3) is 14.6. The van der Waals surface area contributed by atoms with Crippen LogP contribution >= 0.6 is 0 Å². The number of carboxylic acids is 1. The average molecular weight is 1120 g/mol. The minimum Gasteiger partial charge on any atom is -0.477 e. The summed E-state index contributed by atoms with van der Waals surface area (Å²) in [5.74, 6) is -7.93. The highest BCUT2D eigenvalue weighted by molar-refractivity contribution is 7.80. The fraction of sp³-hybridized carbons (Fsp3) is 0.897. The summed E-state index contributed by atoms with van der Waals surface area (Å²) in [6, 6.07) is -5.32. The number of carboxylic acid groups (broad SMARTS) is 1. The van der Waals surface area contributed by atoms with Gasteiger partial charge in [0, 0.05) is 27.2 Å². The molecule has 0 aromatic rings. The van der Waals surface area contributed by atoms with E-state index in [4.69, 9.17) is 42.6 Å². The molecule has 1 unspecified atom stereocenters. The molecule has 5 rings (SSSR count). The molecule has 0 bridgehead atoms. The van der Waals surface area contributed by atoms with E-state index < -0.39 is 232 Å². The van der Waals surface area contributed by atoms with Crippen molar-refractivity contribution in [3.8, 4) is 0 Å². The van der Waals surface area contributed by atoms with E-state index in [0.717, 1.165) is 20.8 Å². The molecular formula is C39H65N3O32S. The summed E-state index contributed by atoms with van der Waals surface area (Å²) in [4.78, 5) is 49.7. The van der Waals surface area contributed by atoms with Gasteiger partial charge in [-0.05, 0) is 0 Å². The monoisotopic (exact) mass is 1120 g/mol. The highest BCUT2D eigenvalue weighted by atomic mass is 32.3. The molecule has 3 amide bonds. The van der Waals surface area contributed by atoms with Crippen molar-refractivity contribution in [1.29, 1.82) is 0 Å². The van der Waals surface area contributed by atoms with E-state index in [0.29, 0.717) is 0 Å². The topological polar surface area (TPSA) is 554 Å². The van der Waals surface area contributed by atoms with Crippen LogP contribution in [0.1, 0.15) is 27.2 Å². The van der Waals surface area contributed by atoms with Crippen molar-refractivity contribution in [2.24, 2.45) is 0 Å². The van der Waals surface area contributed by atoms with Gasteiger partial charge in [0.1, 0.15) is 116 Å². The van der Waals surface area contributed by atoms with E-state index in [1.807, 2.05) is 0 Å². The third-order valence-electron chi connectivity index (χ3n) is 12.7. The Balaban J connectivity index is 1.45. The van der Waals surface area contributed by atoms with Gasteiger partial charge in [-0.2, -0.15) is 8.42 Å². The summed E-state index contributed by atoms with van der Waals surface area (Å²) in [5, 5.41) is 169. The molecule has 5 fully saturated rings. The highest BCUT2D eigenvalue weighted by Crippen LogP contribution is 2.39. The number of aliphatic hydroxyl groups excluding tert-OH is 14. The molecule has 0 aliphatic carbocycles. The number of carbonyl (C=O) groups is 4. The Morgan fingerprint density at radius 3 is 1.60 bits per heavy atom. The first kappa shape index (κ1) is 62.7. The van der Waals surface area contributed by atoms with Crippen molar-refractivity contribution in [3.63, 3.8) is 0 Å². The van der Waals surface area contributed by atoms with E-state index in [1.54, 1.807) is 0 Å². The number of aliphatic hydroxyl groups is 14. The summed E-state index contributed by atoms with van der Waals surface area (Å²) in [6.07, 6.45) is -47.5. The smallest absolute Gasteiger partial charge is 0.397 e. The van der Waals surface area contributed by atoms with Gasteiger partial charge in [-0.25, -0.2) is 8.98 Å². The van der Waals surface area contributed by atoms with Crippen molar-refractivity contribution >= 4 is 34.1 Å². The molecule has 36 heteroatoms. The van der Waals surface area contributed by atoms with E-state index >= 15 is 0 Å². The molecule has 5 aliphatic rings. The van der Waals surface area contributed by atoms with Gasteiger partial charge in [-0.15, -0.1) is 0 Å². The van der Waals surface area contributed by atoms with Crippen LogP contribution in [0.5, 0.6) is 0 Å². The summed E-state index contributed by atoms with van der Waals surface area (Å²) in [7, 11) is -5.30. The zero-order valence-corrected chi connectivity index (χ0v) is 40.6. The Morgan fingerprint density at radius 2 is 1.07 bits per heavy atom. The molecular weight excluding hydrogens is 1050 g/mol. The molecule has 0 radical (unpaired) electrons. The molecule has 26 atom stereocenters. The maximum absolute atomic E-state index is 13.0. The van der Waals surface area contributed by atoms with Gasteiger partial charge >= 0.3 is 16.4 Å². The minimum atomic E-state index is -5.30. The summed E-state index contributed by atoms with van der Waals surface area (Å²) >= 11 is 0. The second-order valence-electron chi connectivity index (χ2n) is 18.1. The van der Waals surface area contributed by atoms with Crippen molar-refractivity contribution in [2.75, 3.05) is 33.0 Å². The Kier molecular flexibility index (Phi) is 21.9. The third-order valence-corrected chi connectivity index (χ3v) is 13.1. The van der Waals surface area contributed by atoms with Gasteiger partial charge in [0.2, 0.25) is 17.7 Å². The standard InChI is InChI=1S/C39H65N3O32S/c1-10(47)40-19-13(50)4-39(38(60)61,73-31(19)22(52)14(51)5-43)74-33-24(54)16(7-45)67-37(28(33)58)70-29-17(8-46)68-35(20(26(29)56)41-11(2)48)72-32-25(55)18(9-65-75(62,63)64)69-36(27(32)57)71-30-21(42-12(3)49)34(59)66-15(6-44)23(30)53/h13-37,43-46,50-59H,4-9H2,1-3H3,(H,40,47)(H,41,48)(H,42,49)(H,60,61)(H,62,63,64)/t13-,14+,15+,16+,17+,18+,19+,20+,21+,22+,23-,24-,25-,26+,27+,28+,29+,30+,31+,32-,33-,34?,35-,36-,37-,39-/m0/s1. The van der Waals surface area contributed by atoms with E-state index in [9.17, 15) is 109 Å². The summed E-state index contributed by atoms with van der Waals surface area (Å²) < 4.78 is 87.7. The second kappa shape index (κ2) is 26.2. The van der Waals surface area contributed by atoms with Gasteiger partial charge in [0.15, 0.2) is 25.2 Å². The predicted molar refractivity (Wildman–Crippen MR) is 229 cm³/mol. The van der Waals surface area contributed by atoms with Crippen LogP contribution in [0.25, 0.3) is 0 Å². The molecule has 5 aliphatic heterocycles. The lowest BCUT2D eigenvalue weighted by molar-refractivity contribution is -0.388. The van der Waals surface area contributed by atoms with E-state index in [1.165, 1.54) is 0 Å². The quantitative estimate of drug-likeness (QED) is 0.0475. The van der Waals surface area contributed by atoms with Crippen LogP contribution in [0.3, 0.4) is 0 Å². The highest BCUT2D eigenvalue weighted by Gasteiger charge is 2.61. The predicted octanol–water partition coefficient (Wildman–Crippen LogP) is -12.5. The number of nitrogens with one attached hydrogen (secondary N) is 3. The van der Waals surface area contributed by atoms with Crippen LogP contribution in [0, 0.1) is 0 Å². The summed E-state index contributed by atoms with van der Waals surface area (Å²) in [6.45, 7) is -2.81. The maximum Gasteiger partial charge on any atom is 0.397 e. The maximum atomic E-state index is 13.0. The van der Waals surface area contributed by atoms with Crippen molar-refractivity contribution in [1.82, 2.24) is 16.0 Å². The molecule has 75 heavy (non-hydrogen) atoms. The number of amides is 3. The number of ether oxygens (including phenoxy) is 9. The normalized spacial score (nSPS) is 43.5. The van der Waals surface area contributed by atoms with E-state index in [2.05, 4.69) is 20.1 Å². The molecule has 19 N–H and O–H groups in total. The fourth-order valence-electron chi connectivity index (χ4n) is 9.08. The largest absolute Gasteiger partial charge is 0.477 e. The molecule has 0 aromatic heterocycles. The molecule has 5 saturated heterocycles. The van der Waals surface area contributed by atoms with Crippen LogP contribution in [-0.2, 0) is 76.4 Å². The van der Waals surface area contributed by atoms with Crippen LogP contribution < -0.4 is 16.0 Å². The first-order valence-corrected chi connectivity index (χ1v) is 24.2. The van der Waals surface area contributed by atoms with Gasteiger partial charge < -0.3 is 135 Å². The van der Waals surface area contributed by atoms with Crippen LogP contribution in [0.4, 0.5) is 0 Å². The Labute approximate surface area is 424 Å². The Hall–Kier alpha value is -3.17. The minimum absolute atomic E-state index is 0.818. The fourth-order valence-corrected chi connectivity index (χ4v) is 9.38. The van der Waals surface area contributed by atoms with Crippen molar-refractivity contribution in [2.45, 2.75) is 186 Å². The Morgan fingerprint density at radius 1 is 0.600 bits per heavy atom. The molecule has 35 nitrogen and oxygen atoms in total. The van der Waals surface area contributed by atoms with Crippen LogP contribution in [-0.4, -0.2) is 305 Å². The van der Waals surface area contributed by atoms with Crippen molar-refractivity contribution in [3.05, 3.63) is 0 Å². The number of aliphatic carboxylic acids is 1. The van der Waals surface area contributed by atoms with Crippen LogP contribution in [0.15, 0.2) is 0 Å². The van der Waals surface area contributed by atoms with Gasteiger partial charge in [0.05, 0.1) is 45.2 Å². The number of rotatable bonds is 21. The van der Waals surface area contributed by atoms with E-state index in [-0.39, 0.29) is 0 Å². The van der Waals surface area contributed by atoms with Crippen LogP contribution in [0.2, 0.25) is 0 Å².